The molecule has 39 heavy (non-hydrogen) atoms. The highest BCUT2D eigenvalue weighted by Crippen LogP contribution is 2.33. The van der Waals surface area contributed by atoms with Gasteiger partial charge in [0, 0.05) is 23.4 Å². The zero-order valence-electron chi connectivity index (χ0n) is 22.1. The molecule has 0 bridgehead atoms. The van der Waals surface area contributed by atoms with Crippen LogP contribution in [0, 0.1) is 24.2 Å². The molecular formula is C28H31N5O5S. The van der Waals surface area contributed by atoms with E-state index in [1.165, 1.54) is 60.0 Å². The second-order valence-corrected chi connectivity index (χ2v) is 10.8. The lowest BCUT2D eigenvalue weighted by atomic mass is 9.99. The number of rotatable bonds is 12. The van der Waals surface area contributed by atoms with Gasteiger partial charge in [-0.1, -0.05) is 33.1 Å². The van der Waals surface area contributed by atoms with Crippen molar-refractivity contribution in [1.29, 1.82) is 5.26 Å². The molecule has 1 unspecified atom stereocenters. The molecule has 0 aliphatic carbocycles. The number of nitriles is 1. The number of azo groups is 1. The summed E-state index contributed by atoms with van der Waals surface area (Å²) in [5.74, 6) is -0.210. The van der Waals surface area contributed by atoms with Gasteiger partial charge in [-0.15, -0.1) is 5.11 Å². The Hall–Kier alpha value is -4.30. The first kappa shape index (κ1) is 29.3. The number of nitrogens with one attached hydrogen (secondary N) is 1. The minimum absolute atomic E-state index is 0.00799. The van der Waals surface area contributed by atoms with Crippen LogP contribution in [0.5, 0.6) is 5.88 Å². The summed E-state index contributed by atoms with van der Waals surface area (Å²) in [6, 6.07) is 13.5. The van der Waals surface area contributed by atoms with E-state index in [0.29, 0.717) is 23.2 Å². The lowest BCUT2D eigenvalue weighted by molar-refractivity contribution is 0.112. The fraction of sp³-hybridized carbons (Fsp3) is 0.321. The number of unbranched alkanes of at least 4 members (excludes halogenated alkanes) is 1. The van der Waals surface area contributed by atoms with Gasteiger partial charge < -0.3 is 5.11 Å². The number of aldehydes is 1. The number of carbonyl (C=O) groups is 1. The number of hydrogen-bond acceptors (Lipinski definition) is 8. The summed E-state index contributed by atoms with van der Waals surface area (Å²) < 4.78 is 29.1. The molecule has 3 rings (SSSR count). The molecule has 2 N–H and O–H groups in total. The Kier molecular flexibility index (Phi) is 9.73. The Morgan fingerprint density at radius 2 is 1.77 bits per heavy atom. The lowest BCUT2D eigenvalue weighted by Gasteiger charge is -2.19. The monoisotopic (exact) mass is 549 g/mol. The zero-order valence-corrected chi connectivity index (χ0v) is 22.9. The number of benzene rings is 2. The van der Waals surface area contributed by atoms with E-state index in [4.69, 9.17) is 0 Å². The SMILES string of the molecule is CCCCC(CC)Cn1c(O)c(/N=N/c2ccc(S(=O)(=O)Nc3ccc(C=O)cc3)cc2)c(C)c(C#N)c1=O. The van der Waals surface area contributed by atoms with Crippen molar-refractivity contribution >= 4 is 33.4 Å². The van der Waals surface area contributed by atoms with E-state index in [1.54, 1.807) is 0 Å². The second-order valence-electron chi connectivity index (χ2n) is 9.16. The Bertz CT molecular complexity index is 1550. The third-order valence-corrected chi connectivity index (χ3v) is 7.86. The van der Waals surface area contributed by atoms with E-state index in [-0.39, 0.29) is 40.1 Å². The van der Waals surface area contributed by atoms with Gasteiger partial charge in [-0.05, 0) is 67.8 Å². The maximum absolute atomic E-state index is 12.9. The molecule has 204 valence electrons. The van der Waals surface area contributed by atoms with Crippen molar-refractivity contribution in [1.82, 2.24) is 4.57 Å². The number of sulfonamides is 1. The van der Waals surface area contributed by atoms with Crippen LogP contribution in [-0.4, -0.2) is 24.4 Å². The van der Waals surface area contributed by atoms with Gasteiger partial charge in [-0.25, -0.2) is 8.42 Å². The minimum atomic E-state index is -3.90. The summed E-state index contributed by atoms with van der Waals surface area (Å²) in [6.07, 6.45) is 4.37. The zero-order chi connectivity index (χ0) is 28.6. The predicted molar refractivity (Wildman–Crippen MR) is 148 cm³/mol. The Balaban J connectivity index is 1.88. The first-order valence-corrected chi connectivity index (χ1v) is 14.1. The molecule has 1 aromatic heterocycles. The van der Waals surface area contributed by atoms with E-state index in [0.717, 1.165) is 25.7 Å². The summed E-state index contributed by atoms with van der Waals surface area (Å²) in [4.78, 5) is 23.7. The van der Waals surface area contributed by atoms with Gasteiger partial charge in [0.1, 0.15) is 17.9 Å². The van der Waals surface area contributed by atoms with Gasteiger partial charge in [-0.2, -0.15) is 10.4 Å². The largest absolute Gasteiger partial charge is 0.493 e. The molecule has 11 heteroatoms. The summed E-state index contributed by atoms with van der Waals surface area (Å²) in [5.41, 5.74) is 0.574. The summed E-state index contributed by atoms with van der Waals surface area (Å²) >= 11 is 0. The summed E-state index contributed by atoms with van der Waals surface area (Å²) in [7, 11) is -3.90. The van der Waals surface area contributed by atoms with E-state index in [1.807, 2.05) is 13.0 Å². The molecule has 0 aliphatic rings. The van der Waals surface area contributed by atoms with Gasteiger partial charge in [0.25, 0.3) is 15.6 Å². The number of aromatic hydroxyl groups is 1. The van der Waals surface area contributed by atoms with Gasteiger partial charge in [0.05, 0.1) is 10.6 Å². The van der Waals surface area contributed by atoms with Crippen LogP contribution in [0.3, 0.4) is 0 Å². The predicted octanol–water partition coefficient (Wildman–Crippen LogP) is 5.98. The minimum Gasteiger partial charge on any atom is -0.493 e. The van der Waals surface area contributed by atoms with E-state index >= 15 is 0 Å². The number of carbonyl (C=O) groups excluding carboxylic acids is 1. The van der Waals surface area contributed by atoms with Crippen LogP contribution in [0.15, 0.2) is 68.4 Å². The molecule has 0 saturated heterocycles. The van der Waals surface area contributed by atoms with Crippen molar-refractivity contribution < 1.29 is 18.3 Å². The maximum atomic E-state index is 12.9. The highest BCUT2D eigenvalue weighted by atomic mass is 32.2. The highest BCUT2D eigenvalue weighted by molar-refractivity contribution is 7.92. The Morgan fingerprint density at radius 3 is 2.33 bits per heavy atom. The standard InChI is InChI=1S/C28H31N5O5S/c1-4-6-7-20(5-2)17-33-27(35)25(16-29)19(3)26(28(33)36)31-30-22-12-14-24(15-13-22)39(37,38)32-23-10-8-21(18-34)9-11-23/h8-15,18,20,32,36H,4-7,17H2,1-3H3/b31-30+. The van der Waals surface area contributed by atoms with Crippen molar-refractivity contribution in [3.05, 3.63) is 75.6 Å². The Morgan fingerprint density at radius 1 is 1.10 bits per heavy atom. The number of aromatic nitrogens is 1. The maximum Gasteiger partial charge on any atom is 0.271 e. The molecule has 0 spiro atoms. The average Bonchev–Trinajstić information content (AvgIpc) is 2.93. The van der Waals surface area contributed by atoms with Crippen LogP contribution in [0.25, 0.3) is 0 Å². The molecule has 3 aromatic rings. The van der Waals surface area contributed by atoms with E-state index in [9.17, 15) is 28.4 Å². The van der Waals surface area contributed by atoms with E-state index < -0.39 is 15.6 Å². The van der Waals surface area contributed by atoms with Crippen molar-refractivity contribution in [2.45, 2.75) is 57.9 Å². The second kappa shape index (κ2) is 13.0. The normalized spacial score (nSPS) is 12.3. The molecule has 1 heterocycles. The topological polar surface area (TPSA) is 154 Å². The molecule has 0 saturated carbocycles. The quantitative estimate of drug-likeness (QED) is 0.209. The van der Waals surface area contributed by atoms with E-state index in [2.05, 4.69) is 21.9 Å². The summed E-state index contributed by atoms with van der Waals surface area (Å²) in [6.45, 7) is 5.89. The third-order valence-electron chi connectivity index (χ3n) is 6.46. The van der Waals surface area contributed by atoms with Crippen LogP contribution in [0.4, 0.5) is 17.1 Å². The smallest absolute Gasteiger partial charge is 0.271 e. The molecule has 2 aromatic carbocycles. The van der Waals surface area contributed by atoms with Gasteiger partial charge >= 0.3 is 0 Å². The van der Waals surface area contributed by atoms with Crippen molar-refractivity contribution in [3.8, 4) is 11.9 Å². The van der Waals surface area contributed by atoms with Crippen molar-refractivity contribution in [2.24, 2.45) is 16.1 Å². The molecule has 10 nitrogen and oxygen atoms in total. The van der Waals surface area contributed by atoms with Crippen LogP contribution in [0.1, 0.15) is 61.0 Å². The molecule has 0 fully saturated rings. The van der Waals surface area contributed by atoms with Crippen molar-refractivity contribution in [2.75, 3.05) is 4.72 Å². The van der Waals surface area contributed by atoms with Crippen molar-refractivity contribution in [3.63, 3.8) is 0 Å². The lowest BCUT2D eigenvalue weighted by Crippen LogP contribution is -2.27. The van der Waals surface area contributed by atoms with Gasteiger partial charge in [0.15, 0.2) is 5.69 Å². The number of pyridine rings is 1. The average molecular weight is 550 g/mol. The summed E-state index contributed by atoms with van der Waals surface area (Å²) in [5, 5.41) is 28.8. The highest BCUT2D eigenvalue weighted by Gasteiger charge is 2.21. The Labute approximate surface area is 227 Å². The van der Waals surface area contributed by atoms with Gasteiger partial charge in [-0.3, -0.25) is 18.9 Å². The van der Waals surface area contributed by atoms with Gasteiger partial charge in [0.2, 0.25) is 5.88 Å². The molecule has 0 amide bonds. The van der Waals surface area contributed by atoms with Crippen LogP contribution in [0.2, 0.25) is 0 Å². The number of hydrogen-bond donors (Lipinski definition) is 2. The molecular weight excluding hydrogens is 518 g/mol. The third kappa shape index (κ3) is 6.97. The van der Waals surface area contributed by atoms with Crippen LogP contribution < -0.4 is 10.3 Å². The molecule has 0 aliphatic heterocycles. The number of nitrogens with zero attached hydrogens (tertiary/aromatic N) is 4. The first-order valence-electron chi connectivity index (χ1n) is 12.6. The fourth-order valence-electron chi connectivity index (χ4n) is 4.05. The molecule has 1 atom stereocenters. The van der Waals surface area contributed by atoms with Crippen LogP contribution >= 0.6 is 0 Å². The fourth-order valence-corrected chi connectivity index (χ4v) is 5.10. The first-order chi connectivity index (χ1) is 18.6. The molecule has 0 radical (unpaired) electrons. The number of anilines is 1. The van der Waals surface area contributed by atoms with Crippen LogP contribution in [-0.2, 0) is 16.6 Å².